The monoisotopic (exact) mass is 490 g/mol. The van der Waals surface area contributed by atoms with Crippen LogP contribution in [-0.2, 0) is 4.79 Å². The average Bonchev–Trinajstić information content (AvgIpc) is 2.84. The number of carbonyl (C=O) groups is 2. The lowest BCUT2D eigenvalue weighted by molar-refractivity contribution is -0.115. The zero-order valence-electron chi connectivity index (χ0n) is 17.9. The quantitative estimate of drug-likeness (QED) is 0.269. The minimum absolute atomic E-state index is 0.0252. The molecule has 0 aliphatic rings. The molecule has 0 fully saturated rings. The molecule has 0 radical (unpaired) electrons. The summed E-state index contributed by atoms with van der Waals surface area (Å²) in [6, 6.07) is 29.3. The number of halogens is 2. The highest BCUT2D eigenvalue weighted by molar-refractivity contribution is 8.00. The summed E-state index contributed by atoms with van der Waals surface area (Å²) >= 11 is 7.43. The fourth-order valence-electron chi connectivity index (χ4n) is 3.27. The number of carbonyl (C=O) groups excluding carboxylic acids is 2. The second kappa shape index (κ2) is 11.0. The molecule has 1 atom stereocenters. The molecule has 2 amide bonds. The summed E-state index contributed by atoms with van der Waals surface area (Å²) in [6.07, 6.45) is 0. The van der Waals surface area contributed by atoms with E-state index in [4.69, 9.17) is 11.6 Å². The normalized spacial score (nSPS) is 11.5. The molecule has 4 nitrogen and oxygen atoms in total. The van der Waals surface area contributed by atoms with Gasteiger partial charge in [-0.25, -0.2) is 4.39 Å². The molecule has 0 spiro atoms. The summed E-state index contributed by atoms with van der Waals surface area (Å²) in [5.41, 5.74) is 1.97. The molecule has 4 rings (SSSR count). The largest absolute Gasteiger partial charge is 0.325 e. The number of amides is 2. The van der Waals surface area contributed by atoms with Crippen molar-refractivity contribution in [2.45, 2.75) is 10.1 Å². The fraction of sp³-hybridized carbons (Fsp3) is 0.0370. The Morgan fingerprint density at radius 1 is 0.765 bits per heavy atom. The number of hydrogen-bond acceptors (Lipinski definition) is 3. The van der Waals surface area contributed by atoms with E-state index >= 15 is 0 Å². The van der Waals surface area contributed by atoms with Crippen LogP contribution in [0.25, 0.3) is 0 Å². The summed E-state index contributed by atoms with van der Waals surface area (Å²) in [5.74, 6) is -1.29. The maximum atomic E-state index is 13.9. The Morgan fingerprint density at radius 3 is 2.18 bits per heavy atom. The van der Waals surface area contributed by atoms with Crippen LogP contribution in [0.5, 0.6) is 0 Å². The topological polar surface area (TPSA) is 58.2 Å². The predicted molar refractivity (Wildman–Crippen MR) is 136 cm³/mol. The number of benzene rings is 4. The zero-order valence-corrected chi connectivity index (χ0v) is 19.4. The van der Waals surface area contributed by atoms with Gasteiger partial charge in [-0.2, -0.15) is 0 Å². The van der Waals surface area contributed by atoms with Crippen LogP contribution < -0.4 is 10.6 Å². The molecule has 34 heavy (non-hydrogen) atoms. The summed E-state index contributed by atoms with van der Waals surface area (Å²) in [7, 11) is 0. The summed E-state index contributed by atoms with van der Waals surface area (Å²) in [5, 5.41) is 5.64. The predicted octanol–water partition coefficient (Wildman–Crippen LogP) is 7.20. The van der Waals surface area contributed by atoms with E-state index in [0.717, 1.165) is 10.5 Å². The SMILES string of the molecule is O=C(Nc1ccc(SC(C(=O)Nc2cccc(Cl)c2)c2ccccc2)cc1)c1ccccc1F. The van der Waals surface area contributed by atoms with Crippen LogP contribution in [0.15, 0.2) is 108 Å². The Bertz CT molecular complexity index is 1300. The van der Waals surface area contributed by atoms with E-state index in [0.29, 0.717) is 16.4 Å². The van der Waals surface area contributed by atoms with Gasteiger partial charge in [0.15, 0.2) is 0 Å². The lowest BCUT2D eigenvalue weighted by Crippen LogP contribution is -2.19. The van der Waals surface area contributed by atoms with Crippen molar-refractivity contribution in [1.29, 1.82) is 0 Å². The third kappa shape index (κ3) is 6.04. The van der Waals surface area contributed by atoms with Crippen molar-refractivity contribution in [2.75, 3.05) is 10.6 Å². The number of nitrogens with one attached hydrogen (secondary N) is 2. The van der Waals surface area contributed by atoms with Gasteiger partial charge in [-0.15, -0.1) is 11.8 Å². The van der Waals surface area contributed by atoms with Gasteiger partial charge in [0.25, 0.3) is 5.91 Å². The third-order valence-electron chi connectivity index (χ3n) is 4.92. The maximum Gasteiger partial charge on any atom is 0.258 e. The third-order valence-corrected chi connectivity index (χ3v) is 6.42. The highest BCUT2D eigenvalue weighted by atomic mass is 35.5. The van der Waals surface area contributed by atoms with Crippen LogP contribution >= 0.6 is 23.4 Å². The zero-order chi connectivity index (χ0) is 23.9. The minimum atomic E-state index is -0.580. The Kier molecular flexibility index (Phi) is 7.62. The van der Waals surface area contributed by atoms with Gasteiger partial charge in [0.1, 0.15) is 11.1 Å². The number of rotatable bonds is 7. The summed E-state index contributed by atoms with van der Waals surface area (Å²) in [4.78, 5) is 26.3. The molecule has 0 saturated carbocycles. The molecule has 0 aliphatic heterocycles. The molecule has 0 saturated heterocycles. The molecule has 4 aromatic carbocycles. The molecule has 2 N–H and O–H groups in total. The molecule has 1 unspecified atom stereocenters. The van der Waals surface area contributed by atoms with E-state index < -0.39 is 17.0 Å². The first-order chi connectivity index (χ1) is 16.5. The van der Waals surface area contributed by atoms with E-state index in [1.54, 1.807) is 42.5 Å². The first-order valence-electron chi connectivity index (χ1n) is 10.4. The highest BCUT2D eigenvalue weighted by Crippen LogP contribution is 2.37. The molecular weight excluding hydrogens is 471 g/mol. The molecule has 4 aromatic rings. The first-order valence-corrected chi connectivity index (χ1v) is 11.7. The van der Waals surface area contributed by atoms with E-state index in [1.807, 2.05) is 42.5 Å². The van der Waals surface area contributed by atoms with Gasteiger partial charge < -0.3 is 10.6 Å². The second-order valence-corrected chi connectivity index (χ2v) is 8.98. The van der Waals surface area contributed by atoms with Crippen LogP contribution in [0.1, 0.15) is 21.2 Å². The van der Waals surface area contributed by atoms with Gasteiger partial charge in [0, 0.05) is 21.3 Å². The maximum absolute atomic E-state index is 13.9. The number of hydrogen-bond donors (Lipinski definition) is 2. The Hall–Kier alpha value is -3.61. The standard InChI is InChI=1S/C27H20ClFN2O2S/c28-19-9-6-10-21(17-19)31-27(33)25(18-7-2-1-3-8-18)34-22-15-13-20(14-16-22)30-26(32)23-11-4-5-12-24(23)29/h1-17,25H,(H,30,32)(H,31,33). The molecule has 0 aromatic heterocycles. The molecule has 0 heterocycles. The Labute approximate surface area is 206 Å². The van der Waals surface area contributed by atoms with Crippen LogP contribution in [-0.4, -0.2) is 11.8 Å². The summed E-state index contributed by atoms with van der Waals surface area (Å²) in [6.45, 7) is 0. The van der Waals surface area contributed by atoms with E-state index in [1.165, 1.54) is 30.0 Å². The van der Waals surface area contributed by atoms with Gasteiger partial charge in [0.2, 0.25) is 5.91 Å². The fourth-order valence-corrected chi connectivity index (χ4v) is 4.49. The van der Waals surface area contributed by atoms with Crippen molar-refractivity contribution in [2.24, 2.45) is 0 Å². The molecule has 170 valence electrons. The lowest BCUT2D eigenvalue weighted by Gasteiger charge is -2.17. The van der Waals surface area contributed by atoms with E-state index in [2.05, 4.69) is 10.6 Å². The van der Waals surface area contributed by atoms with Gasteiger partial charge in [-0.3, -0.25) is 9.59 Å². The van der Waals surface area contributed by atoms with Gasteiger partial charge in [-0.1, -0.05) is 60.1 Å². The summed E-state index contributed by atoms with van der Waals surface area (Å²) < 4.78 is 13.9. The molecular formula is C27H20ClFN2O2S. The van der Waals surface area contributed by atoms with Gasteiger partial charge >= 0.3 is 0 Å². The minimum Gasteiger partial charge on any atom is -0.325 e. The van der Waals surface area contributed by atoms with Crippen molar-refractivity contribution >= 4 is 46.6 Å². The Balaban J connectivity index is 1.49. The Morgan fingerprint density at radius 2 is 1.47 bits per heavy atom. The van der Waals surface area contributed by atoms with E-state index in [-0.39, 0.29) is 11.5 Å². The molecule has 7 heteroatoms. The van der Waals surface area contributed by atoms with Crippen molar-refractivity contribution in [3.8, 4) is 0 Å². The van der Waals surface area contributed by atoms with Crippen molar-refractivity contribution in [1.82, 2.24) is 0 Å². The van der Waals surface area contributed by atoms with Crippen LogP contribution in [0.4, 0.5) is 15.8 Å². The van der Waals surface area contributed by atoms with Gasteiger partial charge in [-0.05, 0) is 60.2 Å². The average molecular weight is 491 g/mol. The highest BCUT2D eigenvalue weighted by Gasteiger charge is 2.22. The van der Waals surface area contributed by atoms with Crippen molar-refractivity contribution in [3.63, 3.8) is 0 Å². The number of anilines is 2. The number of thioether (sulfide) groups is 1. The smallest absolute Gasteiger partial charge is 0.258 e. The van der Waals surface area contributed by atoms with Crippen LogP contribution in [0.3, 0.4) is 0 Å². The van der Waals surface area contributed by atoms with Crippen molar-refractivity contribution in [3.05, 3.63) is 125 Å². The van der Waals surface area contributed by atoms with Crippen LogP contribution in [0, 0.1) is 5.82 Å². The lowest BCUT2D eigenvalue weighted by atomic mass is 10.1. The van der Waals surface area contributed by atoms with E-state index in [9.17, 15) is 14.0 Å². The second-order valence-electron chi connectivity index (χ2n) is 7.37. The van der Waals surface area contributed by atoms with Crippen molar-refractivity contribution < 1.29 is 14.0 Å². The van der Waals surface area contributed by atoms with Crippen LogP contribution in [0.2, 0.25) is 5.02 Å². The van der Waals surface area contributed by atoms with Gasteiger partial charge in [0.05, 0.1) is 5.56 Å². The molecule has 0 aliphatic carbocycles. The molecule has 0 bridgehead atoms. The first kappa shape index (κ1) is 23.5.